The van der Waals surface area contributed by atoms with Crippen molar-refractivity contribution >= 4 is 11.9 Å². The van der Waals surface area contributed by atoms with Crippen molar-refractivity contribution in [1.29, 1.82) is 0 Å². The Morgan fingerprint density at radius 3 is 1.83 bits per heavy atom. The van der Waals surface area contributed by atoms with Gasteiger partial charge >= 0.3 is 0 Å². The molecule has 0 aliphatic heterocycles. The Balaban J connectivity index is -0.000000109. The summed E-state index contributed by atoms with van der Waals surface area (Å²) in [4.78, 5) is 4.21. The molecule has 2 rings (SSSR count). The maximum Gasteiger partial charge on any atom is 0 e. The summed E-state index contributed by atoms with van der Waals surface area (Å²) in [5.74, 6) is 0. The quantitative estimate of drug-likeness (QED) is 0.304. The number of benzene rings is 2. The molecule has 0 aromatic heterocycles. The standard InChI is InChI=1S/C13H8N.C2H6N.C2H6.CH3.Os.2Re/c1-3-7-12(8-4-1)11-14-13-9-5-2-6-10-13;1-3-2;1-2;;;;/h1-7,11H;1-2H3;1-2H3;1H3;;;/q-3;-1;;-1;;;. The van der Waals surface area contributed by atoms with E-state index < -0.39 is 0 Å². The molecule has 0 fully saturated rings. The van der Waals surface area contributed by atoms with Gasteiger partial charge in [0.05, 0.1) is 0 Å². The van der Waals surface area contributed by atoms with Crippen LogP contribution in [0.5, 0.6) is 0 Å². The van der Waals surface area contributed by atoms with Crippen LogP contribution < -0.4 is 0 Å². The summed E-state index contributed by atoms with van der Waals surface area (Å²) in [7, 11) is 3.50. The summed E-state index contributed by atoms with van der Waals surface area (Å²) < 4.78 is 0. The second kappa shape index (κ2) is 26.9. The average Bonchev–Trinajstić information content (AvgIpc) is 2.50. The van der Waals surface area contributed by atoms with Crippen molar-refractivity contribution in [3.63, 3.8) is 0 Å². The first-order chi connectivity index (χ1) is 9.36. The molecule has 0 heterocycles. The topological polar surface area (TPSA) is 26.5 Å². The third-order valence-corrected chi connectivity index (χ3v) is 1.70. The summed E-state index contributed by atoms with van der Waals surface area (Å²) in [6.07, 6.45) is 1.75. The van der Waals surface area contributed by atoms with Crippen LogP contribution >= 0.6 is 0 Å². The molecular formula is C18H23N2OsRe2-5. The third kappa shape index (κ3) is 20.0. The zero-order valence-corrected chi connectivity index (χ0v) is 22.1. The third-order valence-electron chi connectivity index (χ3n) is 1.70. The van der Waals surface area contributed by atoms with Gasteiger partial charge in [0.15, 0.2) is 0 Å². The molecular weight excluding hydrogens is 807 g/mol. The summed E-state index contributed by atoms with van der Waals surface area (Å²) >= 11 is 0. The zero-order chi connectivity index (χ0) is 14.3. The van der Waals surface area contributed by atoms with E-state index in [1.165, 1.54) is 0 Å². The van der Waals surface area contributed by atoms with Crippen molar-refractivity contribution < 1.29 is 60.6 Å². The van der Waals surface area contributed by atoms with Crippen LogP contribution in [-0.2, 0) is 60.6 Å². The van der Waals surface area contributed by atoms with Gasteiger partial charge in [0.1, 0.15) is 0 Å². The van der Waals surface area contributed by atoms with Crippen molar-refractivity contribution in [3.05, 3.63) is 79.0 Å². The molecule has 2 nitrogen and oxygen atoms in total. The van der Waals surface area contributed by atoms with Gasteiger partial charge in [-0.15, -0.1) is 35.9 Å². The summed E-state index contributed by atoms with van der Waals surface area (Å²) in [6.45, 7) is 4.00. The molecule has 5 heteroatoms. The fraction of sp³-hybridized carbons (Fsp3) is 0.222. The molecule has 0 saturated carbocycles. The van der Waals surface area contributed by atoms with E-state index in [2.05, 4.69) is 28.5 Å². The van der Waals surface area contributed by atoms with Gasteiger partial charge in [-0.3, -0.25) is 18.2 Å². The van der Waals surface area contributed by atoms with Crippen LogP contribution in [0.3, 0.4) is 0 Å². The molecule has 0 atom stereocenters. The number of hydrogen-bond donors (Lipinski definition) is 0. The van der Waals surface area contributed by atoms with E-state index in [0.29, 0.717) is 5.69 Å². The molecule has 23 heavy (non-hydrogen) atoms. The predicted octanol–water partition coefficient (Wildman–Crippen LogP) is 4.93. The zero-order valence-electron chi connectivity index (χ0n) is 14.1. The molecule has 0 aliphatic rings. The van der Waals surface area contributed by atoms with Gasteiger partial charge in [-0.1, -0.05) is 20.1 Å². The summed E-state index contributed by atoms with van der Waals surface area (Å²) in [6, 6.07) is 22.2. The van der Waals surface area contributed by atoms with Gasteiger partial charge < -0.3 is 29.9 Å². The molecule has 2 aromatic carbocycles. The van der Waals surface area contributed by atoms with Crippen molar-refractivity contribution in [2.75, 3.05) is 14.1 Å². The molecule has 2 aromatic rings. The smallest absolute Gasteiger partial charge is 0 e. The Morgan fingerprint density at radius 1 is 0.913 bits per heavy atom. The molecule has 2 radical (unpaired) electrons. The molecule has 0 amide bonds. The fourth-order valence-electron chi connectivity index (χ4n) is 1.04. The van der Waals surface area contributed by atoms with Gasteiger partial charge in [0.2, 0.25) is 0 Å². The monoisotopic (exact) mass is 833 g/mol. The average molecular weight is 830 g/mol. The molecule has 0 unspecified atom stereocenters. The van der Waals surface area contributed by atoms with Gasteiger partial charge in [-0.25, -0.2) is 0 Å². The summed E-state index contributed by atoms with van der Waals surface area (Å²) in [5, 5.41) is 3.50. The molecule has 0 aliphatic carbocycles. The second-order valence-corrected chi connectivity index (χ2v) is 3.19. The Hall–Kier alpha value is 0.0310. The maximum absolute atomic E-state index is 4.21. The van der Waals surface area contributed by atoms with Crippen LogP contribution in [0.15, 0.2) is 47.5 Å². The number of hydrogen-bond acceptors (Lipinski definition) is 1. The van der Waals surface area contributed by atoms with E-state index in [9.17, 15) is 0 Å². The minimum Gasteiger partial charge on any atom is -0.668 e. The normalized spacial score (nSPS) is 7.48. The van der Waals surface area contributed by atoms with Gasteiger partial charge in [-0.05, 0) is 0 Å². The van der Waals surface area contributed by atoms with Crippen molar-refractivity contribution in [2.24, 2.45) is 4.99 Å². The number of para-hydroxylation sites is 1. The Morgan fingerprint density at radius 2 is 1.39 bits per heavy atom. The van der Waals surface area contributed by atoms with Crippen LogP contribution in [-0.4, -0.2) is 20.3 Å². The van der Waals surface area contributed by atoms with E-state index in [4.69, 9.17) is 0 Å². The van der Waals surface area contributed by atoms with Crippen molar-refractivity contribution in [3.8, 4) is 0 Å². The predicted molar refractivity (Wildman–Crippen MR) is 89.6 cm³/mol. The fourth-order valence-corrected chi connectivity index (χ4v) is 1.04. The first-order valence-electron chi connectivity index (χ1n) is 6.24. The van der Waals surface area contributed by atoms with Gasteiger partial charge in [-0.2, -0.15) is 19.8 Å². The van der Waals surface area contributed by atoms with E-state index in [1.54, 1.807) is 20.3 Å². The summed E-state index contributed by atoms with van der Waals surface area (Å²) in [5.41, 5.74) is 1.67. The Bertz CT molecular complexity index is 396. The number of nitrogens with zero attached hydrogens (tertiary/aromatic N) is 2. The Kier molecular flexibility index (Phi) is 40.2. The van der Waals surface area contributed by atoms with Crippen LogP contribution in [0, 0.1) is 25.6 Å². The van der Waals surface area contributed by atoms with Crippen LogP contribution in [0.4, 0.5) is 5.69 Å². The minimum absolute atomic E-state index is 0. The molecule has 0 saturated heterocycles. The van der Waals surface area contributed by atoms with E-state index in [-0.39, 0.29) is 68.1 Å². The first-order valence-corrected chi connectivity index (χ1v) is 6.24. The van der Waals surface area contributed by atoms with Crippen LogP contribution in [0.1, 0.15) is 19.4 Å². The van der Waals surface area contributed by atoms with Crippen LogP contribution in [0.25, 0.3) is 5.32 Å². The van der Waals surface area contributed by atoms with E-state index in [1.807, 2.05) is 56.3 Å². The molecule has 132 valence electrons. The molecule has 0 spiro atoms. The van der Waals surface area contributed by atoms with Crippen LogP contribution in [0.2, 0.25) is 0 Å². The van der Waals surface area contributed by atoms with E-state index >= 15 is 0 Å². The Labute approximate surface area is 183 Å². The van der Waals surface area contributed by atoms with E-state index in [0.717, 1.165) is 5.56 Å². The minimum atomic E-state index is 0. The number of aliphatic imine (C=N–C) groups is 1. The molecule has 0 N–H and O–H groups in total. The molecule has 0 bridgehead atoms. The van der Waals surface area contributed by atoms with Gasteiger partial charge in [0.25, 0.3) is 0 Å². The SMILES string of the molecule is CC.C[N-]C.[CH3-].[Os].[Re].[Re].[c-]1ccc[c-]c1N=Cc1[c-]cccc1. The number of rotatable bonds is 2. The van der Waals surface area contributed by atoms with Gasteiger partial charge in [0, 0.05) is 60.6 Å². The first kappa shape index (κ1) is 34.4. The van der Waals surface area contributed by atoms with Crippen molar-refractivity contribution in [1.82, 2.24) is 0 Å². The van der Waals surface area contributed by atoms with Crippen molar-refractivity contribution in [2.45, 2.75) is 13.8 Å². The maximum atomic E-state index is 4.21. The largest absolute Gasteiger partial charge is 0.668 e. The second-order valence-electron chi connectivity index (χ2n) is 3.19.